The SMILES string of the molecule is FC(F)(F)CCc1ccccc1-c1c(Cl)cc2[nH]cnc2c1Cl. The van der Waals surface area contributed by atoms with Crippen LogP contribution < -0.4 is 0 Å². The zero-order chi connectivity index (χ0) is 16.6. The van der Waals surface area contributed by atoms with Gasteiger partial charge in [0.2, 0.25) is 0 Å². The van der Waals surface area contributed by atoms with Gasteiger partial charge in [-0.05, 0) is 23.6 Å². The zero-order valence-electron chi connectivity index (χ0n) is 11.7. The molecule has 1 heterocycles. The van der Waals surface area contributed by atoms with Crippen molar-refractivity contribution in [1.29, 1.82) is 0 Å². The quantitative estimate of drug-likeness (QED) is 0.608. The molecule has 0 radical (unpaired) electrons. The van der Waals surface area contributed by atoms with Crippen molar-refractivity contribution in [2.24, 2.45) is 0 Å². The summed E-state index contributed by atoms with van der Waals surface area (Å²) in [6, 6.07) is 8.49. The summed E-state index contributed by atoms with van der Waals surface area (Å²) in [5, 5.41) is 0.694. The van der Waals surface area contributed by atoms with E-state index >= 15 is 0 Å². The van der Waals surface area contributed by atoms with Crippen molar-refractivity contribution in [3.8, 4) is 11.1 Å². The van der Waals surface area contributed by atoms with Gasteiger partial charge in [0.05, 0.1) is 21.9 Å². The van der Waals surface area contributed by atoms with E-state index in [-0.39, 0.29) is 6.42 Å². The number of imidazole rings is 1. The third-order valence-electron chi connectivity index (χ3n) is 3.57. The van der Waals surface area contributed by atoms with Gasteiger partial charge in [-0.3, -0.25) is 0 Å². The summed E-state index contributed by atoms with van der Waals surface area (Å²) in [5.41, 5.74) is 2.86. The third-order valence-corrected chi connectivity index (χ3v) is 4.24. The van der Waals surface area contributed by atoms with E-state index in [1.165, 1.54) is 6.33 Å². The van der Waals surface area contributed by atoms with E-state index in [0.29, 0.717) is 37.8 Å². The number of H-pyrrole nitrogens is 1. The fourth-order valence-electron chi connectivity index (χ4n) is 2.52. The summed E-state index contributed by atoms with van der Waals surface area (Å²) in [6.45, 7) is 0. The molecule has 0 bridgehead atoms. The molecule has 23 heavy (non-hydrogen) atoms. The van der Waals surface area contributed by atoms with Crippen molar-refractivity contribution >= 4 is 34.2 Å². The van der Waals surface area contributed by atoms with Crippen molar-refractivity contribution in [1.82, 2.24) is 9.97 Å². The van der Waals surface area contributed by atoms with Crippen molar-refractivity contribution in [2.75, 3.05) is 0 Å². The van der Waals surface area contributed by atoms with Crippen LogP contribution in [-0.2, 0) is 6.42 Å². The lowest BCUT2D eigenvalue weighted by Gasteiger charge is -2.14. The first-order valence-electron chi connectivity index (χ1n) is 6.83. The number of rotatable bonds is 3. The predicted molar refractivity (Wildman–Crippen MR) is 85.9 cm³/mol. The van der Waals surface area contributed by atoms with E-state index in [1.54, 1.807) is 30.3 Å². The van der Waals surface area contributed by atoms with E-state index < -0.39 is 12.6 Å². The highest BCUT2D eigenvalue weighted by Gasteiger charge is 2.27. The van der Waals surface area contributed by atoms with Gasteiger partial charge in [-0.1, -0.05) is 47.5 Å². The van der Waals surface area contributed by atoms with Gasteiger partial charge in [0.25, 0.3) is 0 Å². The maximum Gasteiger partial charge on any atom is 0.389 e. The number of benzene rings is 2. The Labute approximate surface area is 140 Å². The molecule has 0 unspecified atom stereocenters. The van der Waals surface area contributed by atoms with Gasteiger partial charge in [0.1, 0.15) is 5.52 Å². The molecule has 7 heteroatoms. The van der Waals surface area contributed by atoms with E-state index in [0.717, 1.165) is 0 Å². The molecule has 0 fully saturated rings. The third kappa shape index (κ3) is 3.31. The fraction of sp³-hybridized carbons (Fsp3) is 0.188. The Bertz CT molecular complexity index is 856. The van der Waals surface area contributed by atoms with Crippen LogP contribution in [0, 0.1) is 0 Å². The number of alkyl halides is 3. The lowest BCUT2D eigenvalue weighted by Crippen LogP contribution is -2.09. The molecular weight excluding hydrogens is 348 g/mol. The zero-order valence-corrected chi connectivity index (χ0v) is 13.2. The molecular formula is C16H11Cl2F3N2. The number of fused-ring (bicyclic) bond motifs is 1. The van der Waals surface area contributed by atoms with Crippen molar-refractivity contribution in [2.45, 2.75) is 19.0 Å². The van der Waals surface area contributed by atoms with Crippen molar-refractivity contribution < 1.29 is 13.2 Å². The Morgan fingerprint density at radius 2 is 1.87 bits per heavy atom. The van der Waals surface area contributed by atoms with Crippen LogP contribution in [0.25, 0.3) is 22.2 Å². The molecule has 0 amide bonds. The van der Waals surface area contributed by atoms with Gasteiger partial charge in [-0.2, -0.15) is 13.2 Å². The second-order valence-corrected chi connectivity index (χ2v) is 5.90. The summed E-state index contributed by atoms with van der Waals surface area (Å²) in [7, 11) is 0. The maximum atomic E-state index is 12.5. The Balaban J connectivity index is 2.12. The summed E-state index contributed by atoms with van der Waals surface area (Å²) < 4.78 is 37.6. The van der Waals surface area contributed by atoms with Crippen LogP contribution in [0.2, 0.25) is 10.0 Å². The fourth-order valence-corrected chi connectivity index (χ4v) is 3.22. The van der Waals surface area contributed by atoms with Gasteiger partial charge in [0, 0.05) is 12.0 Å². The number of nitrogens with one attached hydrogen (secondary N) is 1. The standard InChI is InChI=1S/C16H11Cl2F3N2/c17-11-7-12-15(23-8-22-12)14(18)13(11)10-4-2-1-3-9(10)5-6-16(19,20)21/h1-4,7-8H,5-6H2,(H,22,23). The van der Waals surface area contributed by atoms with Gasteiger partial charge >= 0.3 is 6.18 Å². The molecule has 2 nitrogen and oxygen atoms in total. The normalized spacial score (nSPS) is 12.0. The van der Waals surface area contributed by atoms with E-state index in [4.69, 9.17) is 23.2 Å². The predicted octanol–water partition coefficient (Wildman–Crippen LogP) is 6.03. The first kappa shape index (κ1) is 16.1. The summed E-state index contributed by atoms with van der Waals surface area (Å²) in [5.74, 6) is 0. The number of halogens is 5. The maximum absolute atomic E-state index is 12.5. The van der Waals surface area contributed by atoms with Crippen LogP contribution in [-0.4, -0.2) is 16.1 Å². The molecule has 0 aliphatic rings. The van der Waals surface area contributed by atoms with E-state index in [9.17, 15) is 13.2 Å². The molecule has 120 valence electrons. The van der Waals surface area contributed by atoms with Gasteiger partial charge in [-0.25, -0.2) is 4.98 Å². The molecule has 0 saturated carbocycles. The van der Waals surface area contributed by atoms with E-state index in [2.05, 4.69) is 9.97 Å². The number of aromatic nitrogens is 2. The Hall–Kier alpha value is -1.72. The molecule has 1 aromatic heterocycles. The minimum Gasteiger partial charge on any atom is -0.345 e. The highest BCUT2D eigenvalue weighted by atomic mass is 35.5. The lowest BCUT2D eigenvalue weighted by atomic mass is 9.96. The summed E-state index contributed by atoms with van der Waals surface area (Å²) in [4.78, 5) is 7.05. The van der Waals surface area contributed by atoms with Crippen molar-refractivity contribution in [3.05, 3.63) is 52.3 Å². The highest BCUT2D eigenvalue weighted by Crippen LogP contribution is 2.41. The molecule has 0 aliphatic heterocycles. The molecule has 0 atom stereocenters. The van der Waals surface area contributed by atoms with Gasteiger partial charge < -0.3 is 4.98 Å². The largest absolute Gasteiger partial charge is 0.389 e. The second-order valence-electron chi connectivity index (χ2n) is 5.12. The molecule has 0 aliphatic carbocycles. The number of aryl methyl sites for hydroxylation is 1. The molecule has 3 rings (SSSR count). The monoisotopic (exact) mass is 358 g/mol. The number of nitrogens with zero attached hydrogens (tertiary/aromatic N) is 1. The number of hydrogen-bond acceptors (Lipinski definition) is 1. The molecule has 1 N–H and O–H groups in total. The smallest absolute Gasteiger partial charge is 0.345 e. The minimum atomic E-state index is -4.22. The molecule has 3 aromatic rings. The first-order valence-corrected chi connectivity index (χ1v) is 7.58. The molecule has 0 spiro atoms. The lowest BCUT2D eigenvalue weighted by molar-refractivity contribution is -0.133. The van der Waals surface area contributed by atoms with Gasteiger partial charge in [-0.15, -0.1) is 0 Å². The Morgan fingerprint density at radius 3 is 2.61 bits per heavy atom. The Kier molecular flexibility index (Phi) is 4.25. The van der Waals surface area contributed by atoms with Crippen LogP contribution in [0.5, 0.6) is 0 Å². The second kappa shape index (κ2) is 6.06. The average molecular weight is 359 g/mol. The van der Waals surface area contributed by atoms with Crippen LogP contribution in [0.15, 0.2) is 36.7 Å². The van der Waals surface area contributed by atoms with Crippen LogP contribution in [0.3, 0.4) is 0 Å². The summed E-state index contributed by atoms with van der Waals surface area (Å²) >= 11 is 12.7. The molecule has 2 aromatic carbocycles. The van der Waals surface area contributed by atoms with Crippen molar-refractivity contribution in [3.63, 3.8) is 0 Å². The molecule has 0 saturated heterocycles. The van der Waals surface area contributed by atoms with Gasteiger partial charge in [0.15, 0.2) is 0 Å². The van der Waals surface area contributed by atoms with Crippen LogP contribution in [0.4, 0.5) is 13.2 Å². The number of hydrogen-bond donors (Lipinski definition) is 1. The number of aromatic amines is 1. The minimum absolute atomic E-state index is 0.134. The summed E-state index contributed by atoms with van der Waals surface area (Å²) in [6.07, 6.45) is -3.76. The van der Waals surface area contributed by atoms with E-state index in [1.807, 2.05) is 0 Å². The average Bonchev–Trinajstić information content (AvgIpc) is 2.94. The van der Waals surface area contributed by atoms with Crippen LogP contribution in [0.1, 0.15) is 12.0 Å². The Morgan fingerprint density at radius 1 is 1.13 bits per heavy atom. The topological polar surface area (TPSA) is 28.7 Å². The first-order chi connectivity index (χ1) is 10.9. The van der Waals surface area contributed by atoms with Crippen LogP contribution >= 0.6 is 23.2 Å². The highest BCUT2D eigenvalue weighted by molar-refractivity contribution is 6.42.